The number of hydrogen-bond donors (Lipinski definition) is 4. The van der Waals surface area contributed by atoms with Crippen molar-refractivity contribution in [3.8, 4) is 0 Å². The van der Waals surface area contributed by atoms with E-state index in [0.29, 0.717) is 0 Å². The fraction of sp³-hybridized carbons (Fsp3) is 0.846. The van der Waals surface area contributed by atoms with Gasteiger partial charge in [0, 0.05) is 0 Å². The van der Waals surface area contributed by atoms with E-state index in [4.69, 9.17) is 10.2 Å². The molecule has 1 saturated heterocycles. The van der Waals surface area contributed by atoms with Crippen LogP contribution in [0.5, 0.6) is 0 Å². The highest BCUT2D eigenvalue weighted by atomic mass is 19.4. The van der Waals surface area contributed by atoms with Crippen LogP contribution in [0.25, 0.3) is 0 Å². The first-order chi connectivity index (χ1) is 11.4. The molecule has 26 heavy (non-hydrogen) atoms. The van der Waals surface area contributed by atoms with Crippen LogP contribution in [0, 0.1) is 23.7 Å². The van der Waals surface area contributed by atoms with E-state index in [9.17, 15) is 46.1 Å². The Morgan fingerprint density at radius 3 is 1.42 bits per heavy atom. The van der Waals surface area contributed by atoms with Crippen molar-refractivity contribution in [3.63, 3.8) is 0 Å². The Hall–Kier alpha value is -1.60. The van der Waals surface area contributed by atoms with Crippen LogP contribution in [-0.2, 0) is 14.3 Å². The van der Waals surface area contributed by atoms with Crippen LogP contribution in [0.4, 0.5) is 26.3 Å². The van der Waals surface area contributed by atoms with Gasteiger partial charge in [-0.15, -0.1) is 0 Å². The molecule has 13 heteroatoms. The lowest BCUT2D eigenvalue weighted by molar-refractivity contribution is -0.511. The first-order valence-electron chi connectivity index (χ1n) is 7.14. The molecule has 0 radical (unpaired) electrons. The minimum absolute atomic E-state index is 0.767. The monoisotopic (exact) mass is 398 g/mol. The van der Waals surface area contributed by atoms with Crippen molar-refractivity contribution in [2.45, 2.75) is 44.2 Å². The fourth-order valence-corrected chi connectivity index (χ4v) is 3.12. The number of carboxylic acids is 2. The summed E-state index contributed by atoms with van der Waals surface area (Å²) >= 11 is 0. The lowest BCUT2D eigenvalue weighted by atomic mass is 9.67. The SMILES string of the molecule is CC(C)CC1C(C(=O)O)C(O)(C(F)(F)F)OC(O)(C(F)(F)F)C1C(=O)O. The van der Waals surface area contributed by atoms with Gasteiger partial charge >= 0.3 is 24.3 Å². The van der Waals surface area contributed by atoms with E-state index in [0.717, 1.165) is 0 Å². The van der Waals surface area contributed by atoms with Crippen LogP contribution in [0.1, 0.15) is 20.3 Å². The van der Waals surface area contributed by atoms with Gasteiger partial charge in [-0.3, -0.25) is 9.59 Å². The third-order valence-electron chi connectivity index (χ3n) is 4.10. The van der Waals surface area contributed by atoms with Gasteiger partial charge in [-0.25, -0.2) is 0 Å². The highest BCUT2D eigenvalue weighted by Gasteiger charge is 2.79. The number of halogens is 6. The summed E-state index contributed by atoms with van der Waals surface area (Å²) in [5.41, 5.74) is 0. The maximum absolute atomic E-state index is 13.2. The van der Waals surface area contributed by atoms with Crippen molar-refractivity contribution in [1.82, 2.24) is 0 Å². The normalized spacial score (nSPS) is 36.2. The Labute approximate surface area is 142 Å². The van der Waals surface area contributed by atoms with Gasteiger partial charge in [-0.05, 0) is 18.3 Å². The Balaban J connectivity index is 3.81. The molecule has 1 rings (SSSR count). The largest absolute Gasteiger partial charge is 0.481 e. The van der Waals surface area contributed by atoms with E-state index in [-0.39, 0.29) is 0 Å². The number of carbonyl (C=O) groups is 2. The molecule has 1 fully saturated rings. The molecule has 0 aromatic rings. The highest BCUT2D eigenvalue weighted by Crippen LogP contribution is 2.57. The van der Waals surface area contributed by atoms with Gasteiger partial charge in [0.15, 0.2) is 0 Å². The molecular formula is C13H16F6O7. The Kier molecular flexibility index (Phi) is 5.64. The van der Waals surface area contributed by atoms with Gasteiger partial charge < -0.3 is 25.2 Å². The van der Waals surface area contributed by atoms with E-state index in [1.807, 2.05) is 0 Å². The molecule has 7 nitrogen and oxygen atoms in total. The molecule has 0 bridgehead atoms. The number of carboxylic acid groups (broad SMARTS) is 2. The van der Waals surface area contributed by atoms with Gasteiger partial charge in [0.05, 0.1) is 0 Å². The number of rotatable bonds is 4. The Morgan fingerprint density at radius 1 is 0.923 bits per heavy atom. The molecule has 4 atom stereocenters. The molecule has 1 aliphatic rings. The van der Waals surface area contributed by atoms with E-state index < -0.39 is 66.0 Å². The molecule has 4 N–H and O–H groups in total. The Bertz CT molecular complexity index is 530. The minimum Gasteiger partial charge on any atom is -0.481 e. The molecule has 1 heterocycles. The first-order valence-corrected chi connectivity index (χ1v) is 7.14. The molecule has 1 aliphatic heterocycles. The molecule has 0 amide bonds. The number of aliphatic carboxylic acids is 2. The summed E-state index contributed by atoms with van der Waals surface area (Å²) in [5, 5.41) is 37.7. The van der Waals surface area contributed by atoms with Crippen molar-refractivity contribution < 1.29 is 61.1 Å². The lowest BCUT2D eigenvalue weighted by Gasteiger charge is -2.52. The number of hydrogen-bond acceptors (Lipinski definition) is 5. The zero-order valence-electron chi connectivity index (χ0n) is 13.3. The standard InChI is InChI=1S/C13H16F6O7/c1-4(2)3-5-6(8(20)21)10(24,12(14,15)16)26-11(25,13(17,18)19)7(5)9(22)23/h4-7,24-25H,3H2,1-2H3,(H,20,21)(H,22,23). The molecule has 0 aliphatic carbocycles. The summed E-state index contributed by atoms with van der Waals surface area (Å²) < 4.78 is 82.9. The van der Waals surface area contributed by atoms with Gasteiger partial charge in [-0.2, -0.15) is 26.3 Å². The molecular weight excluding hydrogens is 382 g/mol. The van der Waals surface area contributed by atoms with Gasteiger partial charge in [0.25, 0.3) is 11.6 Å². The summed E-state index contributed by atoms with van der Waals surface area (Å²) in [6.07, 6.45) is -12.9. The summed E-state index contributed by atoms with van der Waals surface area (Å²) in [6, 6.07) is 0. The molecule has 0 aromatic carbocycles. The maximum atomic E-state index is 13.2. The highest BCUT2D eigenvalue weighted by molar-refractivity contribution is 5.77. The number of aliphatic hydroxyl groups is 2. The van der Waals surface area contributed by atoms with E-state index in [1.165, 1.54) is 13.8 Å². The van der Waals surface area contributed by atoms with Crippen LogP contribution in [0.3, 0.4) is 0 Å². The molecule has 4 unspecified atom stereocenters. The zero-order valence-corrected chi connectivity index (χ0v) is 13.3. The summed E-state index contributed by atoms with van der Waals surface area (Å²) in [4.78, 5) is 22.7. The quantitative estimate of drug-likeness (QED) is 0.530. The summed E-state index contributed by atoms with van der Waals surface area (Å²) in [7, 11) is 0. The van der Waals surface area contributed by atoms with Crippen LogP contribution in [0.2, 0.25) is 0 Å². The van der Waals surface area contributed by atoms with Gasteiger partial charge in [0.1, 0.15) is 11.8 Å². The second kappa shape index (κ2) is 6.53. The summed E-state index contributed by atoms with van der Waals surface area (Å²) in [6.45, 7) is 2.57. The summed E-state index contributed by atoms with van der Waals surface area (Å²) in [5.74, 6) is -24.2. The van der Waals surface area contributed by atoms with Crippen LogP contribution < -0.4 is 0 Å². The van der Waals surface area contributed by atoms with E-state index in [1.54, 1.807) is 0 Å². The maximum Gasteiger partial charge on any atom is 0.444 e. The number of alkyl halides is 6. The van der Waals surface area contributed by atoms with Crippen molar-refractivity contribution in [2.75, 3.05) is 0 Å². The third kappa shape index (κ3) is 3.47. The van der Waals surface area contributed by atoms with E-state index >= 15 is 0 Å². The average Bonchev–Trinajstić information content (AvgIpc) is 2.33. The molecule has 0 saturated carbocycles. The minimum atomic E-state index is -6.08. The second-order valence-electron chi connectivity index (χ2n) is 6.42. The Morgan fingerprint density at radius 2 is 1.23 bits per heavy atom. The van der Waals surface area contributed by atoms with E-state index in [2.05, 4.69) is 4.74 Å². The third-order valence-corrected chi connectivity index (χ3v) is 4.10. The zero-order chi connectivity index (χ0) is 20.9. The van der Waals surface area contributed by atoms with Gasteiger partial charge in [-0.1, -0.05) is 13.8 Å². The second-order valence-corrected chi connectivity index (χ2v) is 6.42. The van der Waals surface area contributed by atoms with Crippen LogP contribution in [0.15, 0.2) is 0 Å². The van der Waals surface area contributed by atoms with Crippen LogP contribution >= 0.6 is 0 Å². The van der Waals surface area contributed by atoms with Crippen molar-refractivity contribution in [1.29, 1.82) is 0 Å². The van der Waals surface area contributed by atoms with Gasteiger partial charge in [0.2, 0.25) is 0 Å². The van der Waals surface area contributed by atoms with Crippen molar-refractivity contribution in [2.24, 2.45) is 23.7 Å². The molecule has 152 valence electrons. The first kappa shape index (κ1) is 22.4. The fourth-order valence-electron chi connectivity index (χ4n) is 3.12. The molecule has 0 aromatic heterocycles. The number of ether oxygens (including phenoxy) is 1. The predicted octanol–water partition coefficient (Wildman–Crippen LogP) is 1.58. The van der Waals surface area contributed by atoms with Crippen molar-refractivity contribution in [3.05, 3.63) is 0 Å². The van der Waals surface area contributed by atoms with Crippen molar-refractivity contribution >= 4 is 11.9 Å². The predicted molar refractivity (Wildman–Crippen MR) is 68.3 cm³/mol. The smallest absolute Gasteiger partial charge is 0.444 e. The lowest BCUT2D eigenvalue weighted by Crippen LogP contribution is -2.74. The molecule has 0 spiro atoms. The van der Waals surface area contributed by atoms with Crippen LogP contribution in [-0.4, -0.2) is 56.3 Å². The topological polar surface area (TPSA) is 124 Å². The average molecular weight is 398 g/mol.